The summed E-state index contributed by atoms with van der Waals surface area (Å²) in [6, 6.07) is 2.60. The molecule has 3 aliphatic rings. The van der Waals surface area contributed by atoms with Crippen LogP contribution >= 0.6 is 0 Å². The van der Waals surface area contributed by atoms with E-state index >= 15 is 0 Å². The number of ether oxygens (including phenoxy) is 1. The number of hydrogen-bond acceptors (Lipinski definition) is 5. The molecule has 2 saturated carbocycles. The maximum Gasteiger partial charge on any atom is 0.325 e. The molecule has 4 rings (SSSR count). The summed E-state index contributed by atoms with van der Waals surface area (Å²) in [6.45, 7) is 4.22. The van der Waals surface area contributed by atoms with Gasteiger partial charge in [0.05, 0.1) is 0 Å². The molecular formula is C21H28N4O4. The first-order valence-corrected chi connectivity index (χ1v) is 10.3. The minimum Gasteiger partial charge on any atom is -0.474 e. The van der Waals surface area contributed by atoms with Gasteiger partial charge in [0.1, 0.15) is 17.7 Å². The van der Waals surface area contributed by atoms with Crippen LogP contribution in [0, 0.1) is 11.3 Å². The number of carbonyl (C=O) groups is 3. The van der Waals surface area contributed by atoms with Crippen LogP contribution in [0.1, 0.15) is 62.7 Å². The van der Waals surface area contributed by atoms with Crippen molar-refractivity contribution in [3.63, 3.8) is 0 Å². The number of nitrogens with zero attached hydrogens (tertiary/aromatic N) is 2. The van der Waals surface area contributed by atoms with Crippen molar-refractivity contribution in [2.45, 2.75) is 70.6 Å². The Labute approximate surface area is 170 Å². The molecule has 1 aromatic heterocycles. The molecule has 8 heteroatoms. The lowest BCUT2D eigenvalue weighted by Gasteiger charge is -2.58. The van der Waals surface area contributed by atoms with E-state index in [1.165, 1.54) is 4.90 Å². The SMILES string of the molecule is CC(C)CCC1NC(=O)N(C2CC3(CC(Oc4ncccc4C(N)=O)C3)C2)C1=O. The van der Waals surface area contributed by atoms with Crippen LogP contribution in [0.15, 0.2) is 18.3 Å². The minimum atomic E-state index is -0.559. The zero-order valence-corrected chi connectivity index (χ0v) is 16.9. The van der Waals surface area contributed by atoms with E-state index in [-0.39, 0.29) is 47.0 Å². The molecular weight excluding hydrogens is 372 g/mol. The summed E-state index contributed by atoms with van der Waals surface area (Å²) in [4.78, 5) is 42.0. The van der Waals surface area contributed by atoms with E-state index < -0.39 is 5.91 Å². The number of carbonyl (C=O) groups excluding carboxylic acids is 3. The quantitative estimate of drug-likeness (QED) is 0.681. The largest absolute Gasteiger partial charge is 0.474 e. The third-order valence-corrected chi connectivity index (χ3v) is 6.42. The second-order valence-corrected chi connectivity index (χ2v) is 9.11. The fourth-order valence-electron chi connectivity index (χ4n) is 4.87. The van der Waals surface area contributed by atoms with Crippen molar-refractivity contribution in [3.05, 3.63) is 23.9 Å². The summed E-state index contributed by atoms with van der Waals surface area (Å²) < 4.78 is 5.88. The van der Waals surface area contributed by atoms with Gasteiger partial charge >= 0.3 is 6.03 Å². The van der Waals surface area contributed by atoms with Crippen LogP contribution in [-0.4, -0.2) is 45.9 Å². The lowest BCUT2D eigenvalue weighted by atomic mass is 9.52. The first-order valence-electron chi connectivity index (χ1n) is 10.3. The Bertz CT molecular complexity index is 826. The molecule has 1 atom stereocenters. The molecule has 1 spiro atoms. The van der Waals surface area contributed by atoms with Crippen molar-refractivity contribution < 1.29 is 19.1 Å². The Morgan fingerprint density at radius 1 is 1.34 bits per heavy atom. The number of rotatable bonds is 7. The van der Waals surface area contributed by atoms with Gasteiger partial charge in [0, 0.05) is 12.2 Å². The van der Waals surface area contributed by atoms with Gasteiger partial charge in [-0.3, -0.25) is 14.5 Å². The summed E-state index contributed by atoms with van der Waals surface area (Å²) in [5.41, 5.74) is 5.77. The average Bonchev–Trinajstić information content (AvgIpc) is 2.88. The van der Waals surface area contributed by atoms with Gasteiger partial charge in [0.2, 0.25) is 5.88 Å². The molecule has 2 heterocycles. The normalized spacial score (nSPS) is 30.9. The van der Waals surface area contributed by atoms with Crippen LogP contribution < -0.4 is 15.8 Å². The number of amides is 4. The van der Waals surface area contributed by atoms with Crippen molar-refractivity contribution in [2.75, 3.05) is 0 Å². The molecule has 3 N–H and O–H groups in total. The Morgan fingerprint density at radius 3 is 2.72 bits per heavy atom. The maximum atomic E-state index is 12.7. The Hall–Kier alpha value is -2.64. The number of urea groups is 1. The van der Waals surface area contributed by atoms with E-state index in [1.54, 1.807) is 18.3 Å². The van der Waals surface area contributed by atoms with Crippen LogP contribution in [0.25, 0.3) is 0 Å². The average molecular weight is 400 g/mol. The topological polar surface area (TPSA) is 115 Å². The third kappa shape index (κ3) is 3.68. The van der Waals surface area contributed by atoms with Gasteiger partial charge in [-0.15, -0.1) is 0 Å². The molecule has 29 heavy (non-hydrogen) atoms. The minimum absolute atomic E-state index is 0.0224. The standard InChI is InChI=1S/C21H28N4O4/c1-12(2)5-6-16-19(27)25(20(28)24-16)13-8-21(9-13)10-14(11-21)29-18-15(17(22)26)4-3-7-23-18/h3-4,7,12-14,16H,5-6,8-11H2,1-2H3,(H2,22,26)(H,24,28). The second kappa shape index (κ2) is 7.31. The Kier molecular flexibility index (Phi) is 4.96. The predicted molar refractivity (Wildman–Crippen MR) is 105 cm³/mol. The first kappa shape index (κ1) is 19.7. The number of nitrogens with two attached hydrogens (primary N) is 1. The molecule has 3 fully saturated rings. The van der Waals surface area contributed by atoms with Crippen molar-refractivity contribution in [1.82, 2.24) is 15.2 Å². The van der Waals surface area contributed by atoms with E-state index in [0.717, 1.165) is 32.1 Å². The van der Waals surface area contributed by atoms with Crippen molar-refractivity contribution in [1.29, 1.82) is 0 Å². The highest BCUT2D eigenvalue weighted by atomic mass is 16.5. The molecule has 2 aliphatic carbocycles. The number of hydrogen-bond donors (Lipinski definition) is 2. The van der Waals surface area contributed by atoms with Crippen LogP contribution in [0.2, 0.25) is 0 Å². The third-order valence-electron chi connectivity index (χ3n) is 6.42. The fraction of sp³-hybridized carbons (Fsp3) is 0.619. The summed E-state index contributed by atoms with van der Waals surface area (Å²) in [7, 11) is 0. The molecule has 0 radical (unpaired) electrons. The van der Waals surface area contributed by atoms with E-state index in [9.17, 15) is 14.4 Å². The lowest BCUT2D eigenvalue weighted by molar-refractivity contribution is -0.140. The molecule has 0 aromatic carbocycles. The van der Waals surface area contributed by atoms with Crippen molar-refractivity contribution >= 4 is 17.8 Å². The molecule has 1 aliphatic heterocycles. The molecule has 1 unspecified atom stereocenters. The van der Waals surface area contributed by atoms with Gasteiger partial charge in [0.15, 0.2) is 0 Å². The van der Waals surface area contributed by atoms with Gasteiger partial charge in [-0.25, -0.2) is 9.78 Å². The van der Waals surface area contributed by atoms with Crippen LogP contribution in [-0.2, 0) is 4.79 Å². The summed E-state index contributed by atoms with van der Waals surface area (Å²) >= 11 is 0. The highest BCUT2D eigenvalue weighted by Gasteiger charge is 2.58. The summed E-state index contributed by atoms with van der Waals surface area (Å²) in [6.07, 6.45) is 6.45. The number of primary amides is 1. The monoisotopic (exact) mass is 400 g/mol. The molecule has 156 valence electrons. The maximum absolute atomic E-state index is 12.7. The first-order chi connectivity index (χ1) is 13.8. The van der Waals surface area contributed by atoms with Crippen LogP contribution in [0.3, 0.4) is 0 Å². The van der Waals surface area contributed by atoms with Gasteiger partial charge in [0.25, 0.3) is 11.8 Å². The van der Waals surface area contributed by atoms with Gasteiger partial charge < -0.3 is 15.8 Å². The van der Waals surface area contributed by atoms with Crippen LogP contribution in [0.5, 0.6) is 5.88 Å². The van der Waals surface area contributed by atoms with E-state index in [2.05, 4.69) is 24.1 Å². The highest BCUT2D eigenvalue weighted by molar-refractivity contribution is 6.04. The van der Waals surface area contributed by atoms with Gasteiger partial charge in [-0.1, -0.05) is 13.8 Å². The zero-order valence-electron chi connectivity index (χ0n) is 16.9. The van der Waals surface area contributed by atoms with Gasteiger partial charge in [-0.2, -0.15) is 0 Å². The van der Waals surface area contributed by atoms with E-state index in [1.807, 2.05) is 0 Å². The predicted octanol–water partition coefficient (Wildman–Crippen LogP) is 2.23. The summed E-state index contributed by atoms with van der Waals surface area (Å²) in [5.74, 6) is 0.137. The molecule has 0 bridgehead atoms. The molecule has 4 amide bonds. The smallest absolute Gasteiger partial charge is 0.325 e. The molecule has 8 nitrogen and oxygen atoms in total. The zero-order chi connectivity index (χ0) is 20.8. The number of imide groups is 1. The number of nitrogens with one attached hydrogen (secondary N) is 1. The summed E-state index contributed by atoms with van der Waals surface area (Å²) in [5, 5.41) is 2.84. The number of aromatic nitrogens is 1. The molecule has 1 saturated heterocycles. The molecule has 1 aromatic rings. The van der Waals surface area contributed by atoms with Crippen LogP contribution in [0.4, 0.5) is 4.79 Å². The Balaban J connectivity index is 1.29. The Morgan fingerprint density at radius 2 is 2.07 bits per heavy atom. The van der Waals surface area contributed by atoms with Gasteiger partial charge in [-0.05, 0) is 62.0 Å². The highest BCUT2D eigenvalue weighted by Crippen LogP contribution is 2.58. The van der Waals surface area contributed by atoms with E-state index in [4.69, 9.17) is 10.5 Å². The van der Waals surface area contributed by atoms with Crippen molar-refractivity contribution in [2.24, 2.45) is 17.1 Å². The van der Waals surface area contributed by atoms with Crippen molar-refractivity contribution in [3.8, 4) is 5.88 Å². The fourth-order valence-corrected chi connectivity index (χ4v) is 4.87. The number of pyridine rings is 1. The lowest BCUT2D eigenvalue weighted by Crippen LogP contribution is -2.60. The van der Waals surface area contributed by atoms with E-state index in [0.29, 0.717) is 12.3 Å². The second-order valence-electron chi connectivity index (χ2n) is 9.11.